The monoisotopic (exact) mass is 881 g/mol. The van der Waals surface area contributed by atoms with Crippen LogP contribution in [-0.2, 0) is 53.2 Å². The number of halogens is 2. The van der Waals surface area contributed by atoms with Gasteiger partial charge < -0.3 is 29.5 Å². The molecule has 3 atom stereocenters. The number of benzene rings is 5. The zero-order chi connectivity index (χ0) is 43.8. The van der Waals surface area contributed by atoms with Crippen molar-refractivity contribution < 1.29 is 33.7 Å². The minimum atomic E-state index is -1.22. The maximum atomic E-state index is 14.6. The van der Waals surface area contributed by atoms with Gasteiger partial charge in [0.1, 0.15) is 31.0 Å². The molecule has 2 aliphatic heterocycles. The van der Waals surface area contributed by atoms with Crippen molar-refractivity contribution >= 4 is 41.0 Å². The smallest absolute Gasteiger partial charge is 0.326 e. The molecule has 1 aliphatic carbocycles. The van der Waals surface area contributed by atoms with E-state index in [-0.39, 0.29) is 37.8 Å². The number of hydrogen-bond acceptors (Lipinski definition) is 7. The number of pyridine rings is 1. The number of nitrogens with one attached hydrogen (secondary N) is 1. The minimum Gasteiger partial charge on any atom is -0.489 e. The van der Waals surface area contributed by atoms with E-state index >= 15 is 0 Å². The van der Waals surface area contributed by atoms with E-state index < -0.39 is 30.1 Å². The fraction of sp³-hybridized carbons (Fsp3) is 0.255. The molecule has 0 spiro atoms. The number of aryl methyl sites for hydroxylation is 1. The summed E-state index contributed by atoms with van der Waals surface area (Å²) in [7, 11) is 0. The lowest BCUT2D eigenvalue weighted by Gasteiger charge is -2.39. The van der Waals surface area contributed by atoms with Gasteiger partial charge in [-0.15, -0.1) is 0 Å². The van der Waals surface area contributed by atoms with Crippen molar-refractivity contribution in [2.75, 3.05) is 6.61 Å². The van der Waals surface area contributed by atoms with Gasteiger partial charge in [-0.05, 0) is 125 Å². The number of carboxylic acid groups (broad SMARTS) is 1. The Morgan fingerprint density at radius 2 is 1.54 bits per heavy atom. The molecule has 6 aromatic rings. The minimum absolute atomic E-state index is 0.0687. The molecule has 3 aliphatic rings. The van der Waals surface area contributed by atoms with Gasteiger partial charge in [-0.1, -0.05) is 89.9 Å². The Hall–Kier alpha value is -6.36. The predicted molar refractivity (Wildman–Crippen MR) is 240 cm³/mol. The van der Waals surface area contributed by atoms with Crippen LogP contribution in [0.5, 0.6) is 17.2 Å². The quantitative estimate of drug-likeness (QED) is 0.132. The maximum Gasteiger partial charge on any atom is 0.326 e. The number of aliphatic carboxylic acids is 1. The Balaban J connectivity index is 0.921. The largest absolute Gasteiger partial charge is 0.489 e. The third-order valence-electron chi connectivity index (χ3n) is 12.5. The second-order valence-corrected chi connectivity index (χ2v) is 17.3. The molecule has 10 nitrogen and oxygen atoms in total. The third-order valence-corrected chi connectivity index (χ3v) is 13.2. The molecule has 0 saturated carbocycles. The van der Waals surface area contributed by atoms with Gasteiger partial charge in [0.25, 0.3) is 0 Å². The molecule has 0 bridgehead atoms. The number of rotatable bonds is 11. The van der Waals surface area contributed by atoms with Crippen molar-refractivity contribution in [3.8, 4) is 28.4 Å². The molecular weight excluding hydrogens is 837 g/mol. The van der Waals surface area contributed by atoms with Crippen LogP contribution in [-0.4, -0.2) is 51.5 Å². The van der Waals surface area contributed by atoms with Crippen LogP contribution in [0.1, 0.15) is 56.3 Å². The van der Waals surface area contributed by atoms with Crippen LogP contribution in [0.25, 0.3) is 11.1 Å². The normalized spacial score (nSPS) is 17.0. The lowest BCUT2D eigenvalue weighted by atomic mass is 9.90. The summed E-state index contributed by atoms with van der Waals surface area (Å²) in [4.78, 5) is 47.6. The van der Waals surface area contributed by atoms with E-state index in [4.69, 9.17) is 37.4 Å². The van der Waals surface area contributed by atoms with E-state index in [0.29, 0.717) is 46.7 Å². The van der Waals surface area contributed by atoms with Crippen molar-refractivity contribution in [1.82, 2.24) is 15.2 Å². The Bertz CT molecular complexity index is 2700. The summed E-state index contributed by atoms with van der Waals surface area (Å²) >= 11 is 12.2. The first-order chi connectivity index (χ1) is 30.5. The first-order valence-corrected chi connectivity index (χ1v) is 21.8. The molecule has 0 saturated heterocycles. The number of carbonyl (C=O) groups is 3. The molecule has 63 heavy (non-hydrogen) atoms. The summed E-state index contributed by atoms with van der Waals surface area (Å²) in [6, 6.07) is 32.3. The van der Waals surface area contributed by atoms with Crippen molar-refractivity contribution in [3.05, 3.63) is 176 Å². The molecule has 2 N–H and O–H groups in total. The van der Waals surface area contributed by atoms with Gasteiger partial charge in [-0.2, -0.15) is 0 Å². The second kappa shape index (κ2) is 17.8. The van der Waals surface area contributed by atoms with Crippen LogP contribution in [0.3, 0.4) is 0 Å². The third kappa shape index (κ3) is 8.96. The van der Waals surface area contributed by atoms with Gasteiger partial charge in [0.05, 0.1) is 10.0 Å². The molecule has 1 aromatic heterocycles. The number of carboxylic acids is 1. The highest BCUT2D eigenvalue weighted by Crippen LogP contribution is 2.42. The molecule has 0 radical (unpaired) electrons. The van der Waals surface area contributed by atoms with E-state index in [0.717, 1.165) is 61.3 Å². The van der Waals surface area contributed by atoms with Crippen molar-refractivity contribution in [1.29, 1.82) is 0 Å². The SMILES string of the molecule is Cc1nccc(-c2ccc(CC(NC(=O)[C@@H]3Cc4cc5c(cc4CN3C(=O)C3Cc4ccccc4C3)O[C@@H](c3ccc(OCc4ccc(Cl)c(Cl)c4)cc3)CO5)C(=O)O)cc2)c1C. The summed E-state index contributed by atoms with van der Waals surface area (Å²) in [5.41, 5.74) is 10.5. The predicted octanol–water partition coefficient (Wildman–Crippen LogP) is 9.24. The summed E-state index contributed by atoms with van der Waals surface area (Å²) in [6.07, 6.45) is 2.77. The summed E-state index contributed by atoms with van der Waals surface area (Å²) in [6.45, 7) is 4.73. The number of amides is 2. The summed E-state index contributed by atoms with van der Waals surface area (Å²) in [5, 5.41) is 14.1. The van der Waals surface area contributed by atoms with E-state index in [1.54, 1.807) is 23.2 Å². The van der Waals surface area contributed by atoms with Gasteiger partial charge >= 0.3 is 5.97 Å². The van der Waals surface area contributed by atoms with Gasteiger partial charge in [-0.25, -0.2) is 4.79 Å². The van der Waals surface area contributed by atoms with Crippen molar-refractivity contribution in [2.24, 2.45) is 5.92 Å². The molecule has 9 rings (SSSR count). The number of ether oxygens (including phenoxy) is 3. The number of aromatic nitrogens is 1. The lowest BCUT2D eigenvalue weighted by Crippen LogP contribution is -2.57. The van der Waals surface area contributed by atoms with Crippen molar-refractivity contribution in [2.45, 2.75) is 70.9 Å². The van der Waals surface area contributed by atoms with E-state index in [1.165, 1.54) is 0 Å². The number of nitrogens with zero attached hydrogens (tertiary/aromatic N) is 2. The highest BCUT2D eigenvalue weighted by atomic mass is 35.5. The van der Waals surface area contributed by atoms with Crippen molar-refractivity contribution in [3.63, 3.8) is 0 Å². The maximum absolute atomic E-state index is 14.6. The van der Waals surface area contributed by atoms with Crippen LogP contribution in [0.2, 0.25) is 10.0 Å². The van der Waals surface area contributed by atoms with Gasteiger partial charge in [-0.3, -0.25) is 14.6 Å². The first-order valence-electron chi connectivity index (χ1n) is 21.0. The average molecular weight is 883 g/mol. The van der Waals surface area contributed by atoms with E-state index in [9.17, 15) is 19.5 Å². The van der Waals surface area contributed by atoms with Crippen LogP contribution in [0.15, 0.2) is 115 Å². The second-order valence-electron chi connectivity index (χ2n) is 16.5. The highest BCUT2D eigenvalue weighted by Gasteiger charge is 2.41. The Kier molecular flexibility index (Phi) is 11.8. The highest BCUT2D eigenvalue weighted by molar-refractivity contribution is 6.42. The molecule has 320 valence electrons. The molecule has 12 heteroatoms. The Morgan fingerprint density at radius 3 is 2.25 bits per heavy atom. The molecule has 5 aromatic carbocycles. The summed E-state index contributed by atoms with van der Waals surface area (Å²) in [5.74, 6) is -0.405. The van der Waals surface area contributed by atoms with E-state index in [2.05, 4.69) is 10.3 Å². The molecule has 1 unspecified atom stereocenters. The number of carbonyl (C=O) groups excluding carboxylic acids is 2. The number of fused-ring (bicyclic) bond motifs is 3. The van der Waals surface area contributed by atoms with Gasteiger partial charge in [0.15, 0.2) is 17.6 Å². The topological polar surface area (TPSA) is 127 Å². The molecule has 3 heterocycles. The van der Waals surface area contributed by atoms with Crippen LogP contribution in [0, 0.1) is 19.8 Å². The molecule has 0 fully saturated rings. The van der Waals surface area contributed by atoms with E-state index in [1.807, 2.05) is 111 Å². The zero-order valence-electron chi connectivity index (χ0n) is 34.8. The Labute approximate surface area is 375 Å². The number of hydrogen-bond donors (Lipinski definition) is 2. The molecule has 2 amide bonds. The Morgan fingerprint density at radius 1 is 0.825 bits per heavy atom. The summed E-state index contributed by atoms with van der Waals surface area (Å²) < 4.78 is 18.8. The fourth-order valence-corrected chi connectivity index (χ4v) is 9.12. The lowest BCUT2D eigenvalue weighted by molar-refractivity contribution is -0.147. The van der Waals surface area contributed by atoms with Gasteiger partial charge in [0, 0.05) is 37.2 Å². The first kappa shape index (κ1) is 42.0. The van der Waals surface area contributed by atoms with Gasteiger partial charge in [0.2, 0.25) is 11.8 Å². The fourth-order valence-electron chi connectivity index (χ4n) is 8.80. The average Bonchev–Trinajstić information content (AvgIpc) is 3.74. The van der Waals surface area contributed by atoms with Crippen LogP contribution >= 0.6 is 23.2 Å². The van der Waals surface area contributed by atoms with Crippen LogP contribution < -0.4 is 19.5 Å². The zero-order valence-corrected chi connectivity index (χ0v) is 36.3. The van der Waals surface area contributed by atoms with Crippen LogP contribution in [0.4, 0.5) is 0 Å². The molecular formula is C51H45Cl2N3O7. The standard InChI is InChI=1S/C51H45Cl2N3O7/c1-29-30(2)54-18-17-41(29)33-10-7-31(8-11-33)20-44(51(59)60)55-49(57)45-23-37-24-46-47(25-39(37)26-56(45)50(58)38-21-35-5-3-4-6-36(35)22-38)63-48(28-62-46)34-12-14-40(15-13-34)61-27-32-9-16-42(52)43(53)19-32/h3-19,24-25,38,44-45,48H,20-23,26-28H2,1-2H3,(H,55,57)(H,59,60)/t44?,45-,48+/m0/s1.